The van der Waals surface area contributed by atoms with Crippen LogP contribution in [0.1, 0.15) is 40.0 Å². The molecule has 3 heterocycles. The molecule has 0 spiro atoms. The average Bonchev–Trinajstić information content (AvgIpc) is 3.45. The van der Waals surface area contributed by atoms with Crippen molar-refractivity contribution in [3.8, 4) is 0 Å². The SMILES string of the molecule is CC[N+]1(Cc2c[nH]c3ccccc23)C(=O)C(=O)C(=C(O)c2ccncc2)C1c1ccc(C(=O)OC)cc1. The Morgan fingerprint density at radius 3 is 2.41 bits per heavy atom. The van der Waals surface area contributed by atoms with Gasteiger partial charge in [-0.25, -0.2) is 14.1 Å². The predicted octanol–water partition coefficient (Wildman–Crippen LogP) is 4.51. The highest BCUT2D eigenvalue weighted by Gasteiger charge is 2.59. The number of hydrogen-bond acceptors (Lipinski definition) is 6. The summed E-state index contributed by atoms with van der Waals surface area (Å²) in [6.07, 6.45) is 4.89. The lowest BCUT2D eigenvalue weighted by Crippen LogP contribution is -2.50. The molecule has 0 bridgehead atoms. The van der Waals surface area contributed by atoms with Crippen LogP contribution < -0.4 is 0 Å². The first-order chi connectivity index (χ1) is 17.9. The van der Waals surface area contributed by atoms with Crippen LogP contribution in [0.15, 0.2) is 84.8 Å². The Hall–Kier alpha value is -4.56. The van der Waals surface area contributed by atoms with Crippen LogP contribution in [-0.2, 0) is 20.9 Å². The van der Waals surface area contributed by atoms with Gasteiger partial charge < -0.3 is 14.8 Å². The van der Waals surface area contributed by atoms with Crippen LogP contribution in [0.3, 0.4) is 0 Å². The molecule has 0 radical (unpaired) electrons. The lowest BCUT2D eigenvalue weighted by Gasteiger charge is -2.36. The third-order valence-electron chi connectivity index (χ3n) is 7.16. The van der Waals surface area contributed by atoms with Crippen molar-refractivity contribution in [3.05, 3.63) is 107 Å². The number of aliphatic hydroxyl groups excluding tert-OH is 1. The van der Waals surface area contributed by atoms with E-state index in [4.69, 9.17) is 4.74 Å². The van der Waals surface area contributed by atoms with Gasteiger partial charge in [-0.15, -0.1) is 0 Å². The number of carbonyl (C=O) groups is 3. The number of ketones is 1. The van der Waals surface area contributed by atoms with Crippen molar-refractivity contribution < 1.29 is 28.7 Å². The molecule has 1 amide bonds. The van der Waals surface area contributed by atoms with Crippen LogP contribution in [0.2, 0.25) is 0 Å². The van der Waals surface area contributed by atoms with E-state index in [1.807, 2.05) is 37.4 Å². The minimum atomic E-state index is -0.793. The quantitative estimate of drug-likeness (QED) is 0.134. The predicted molar refractivity (Wildman–Crippen MR) is 137 cm³/mol. The van der Waals surface area contributed by atoms with E-state index in [1.54, 1.807) is 36.4 Å². The summed E-state index contributed by atoms with van der Waals surface area (Å²) in [5, 5.41) is 12.3. The number of amides is 1. The number of likely N-dealkylation sites (N-methyl/N-ethyl adjacent to an activating group) is 1. The number of nitrogens with zero attached hydrogens (tertiary/aromatic N) is 2. The molecule has 37 heavy (non-hydrogen) atoms. The van der Waals surface area contributed by atoms with Crippen molar-refractivity contribution in [1.82, 2.24) is 9.97 Å². The van der Waals surface area contributed by atoms with Crippen molar-refractivity contribution in [3.63, 3.8) is 0 Å². The van der Waals surface area contributed by atoms with Crippen LogP contribution in [0.25, 0.3) is 16.7 Å². The molecular weight excluding hydrogens is 470 g/mol. The summed E-state index contributed by atoms with van der Waals surface area (Å²) in [4.78, 5) is 46.7. The van der Waals surface area contributed by atoms with Crippen LogP contribution in [0.4, 0.5) is 0 Å². The lowest BCUT2D eigenvalue weighted by atomic mass is 9.93. The van der Waals surface area contributed by atoms with E-state index >= 15 is 0 Å². The highest BCUT2D eigenvalue weighted by atomic mass is 16.5. The first-order valence-corrected chi connectivity index (χ1v) is 11.9. The molecule has 5 rings (SSSR count). The summed E-state index contributed by atoms with van der Waals surface area (Å²) in [6, 6.07) is 16.8. The van der Waals surface area contributed by atoms with Gasteiger partial charge in [0.2, 0.25) is 0 Å². The average molecular weight is 497 g/mol. The Kier molecular flexibility index (Phi) is 6.19. The number of nitrogens with one attached hydrogen (secondary N) is 1. The first-order valence-electron chi connectivity index (χ1n) is 11.9. The van der Waals surface area contributed by atoms with Gasteiger partial charge >= 0.3 is 11.9 Å². The number of ether oxygens (including phenoxy) is 1. The van der Waals surface area contributed by atoms with Gasteiger partial charge in [0.15, 0.2) is 6.04 Å². The van der Waals surface area contributed by atoms with E-state index in [1.165, 1.54) is 19.5 Å². The Morgan fingerprint density at radius 2 is 1.73 bits per heavy atom. The number of quaternary nitrogens is 1. The number of H-pyrrole nitrogens is 1. The van der Waals surface area contributed by atoms with Crippen LogP contribution in [-0.4, -0.2) is 50.9 Å². The summed E-state index contributed by atoms with van der Waals surface area (Å²) in [7, 11) is 1.30. The molecular formula is C29H26N3O5+. The molecule has 186 valence electrons. The zero-order chi connectivity index (χ0) is 26.2. The maximum atomic E-state index is 13.9. The minimum absolute atomic E-state index is 0.0312. The van der Waals surface area contributed by atoms with Crippen LogP contribution in [0, 0.1) is 0 Å². The fraction of sp³-hybridized carbons (Fsp3) is 0.172. The third kappa shape index (κ3) is 3.91. The standard InChI is InChI=1S/C29H25N3O5/c1-3-32(17-21-16-31-23-7-5-4-6-22(21)23)25(18-8-10-20(11-9-18)29(36)37-2)24(27(34)28(32)35)26(33)19-12-14-30-15-13-19/h4-16,25,31H,3,17H2,1-2H3/p+1. The Labute approximate surface area is 213 Å². The molecule has 2 N–H and O–H groups in total. The molecule has 0 aliphatic carbocycles. The number of para-hydroxylation sites is 1. The summed E-state index contributed by atoms with van der Waals surface area (Å²) in [5.41, 5.74) is 3.22. The number of aromatic nitrogens is 2. The number of benzene rings is 2. The van der Waals surface area contributed by atoms with Crippen molar-refractivity contribution in [2.24, 2.45) is 0 Å². The number of Topliss-reactive ketones (excluding diaryl/α,β-unsaturated/α-hetero) is 1. The van der Waals surface area contributed by atoms with Crippen LogP contribution in [0.5, 0.6) is 0 Å². The van der Waals surface area contributed by atoms with Crippen molar-refractivity contribution >= 4 is 34.3 Å². The van der Waals surface area contributed by atoms with Gasteiger partial charge in [0.05, 0.1) is 19.2 Å². The minimum Gasteiger partial charge on any atom is -0.507 e. The van der Waals surface area contributed by atoms with Gasteiger partial charge in [-0.05, 0) is 37.3 Å². The van der Waals surface area contributed by atoms with Crippen molar-refractivity contribution in [2.75, 3.05) is 13.7 Å². The van der Waals surface area contributed by atoms with Gasteiger partial charge in [0.1, 0.15) is 17.9 Å². The van der Waals surface area contributed by atoms with Gasteiger partial charge in [-0.1, -0.05) is 30.3 Å². The molecule has 2 unspecified atom stereocenters. The number of pyridine rings is 1. The zero-order valence-corrected chi connectivity index (χ0v) is 20.5. The highest BCUT2D eigenvalue weighted by Crippen LogP contribution is 2.46. The summed E-state index contributed by atoms with van der Waals surface area (Å²) < 4.78 is 4.58. The smallest absolute Gasteiger partial charge is 0.387 e. The van der Waals surface area contributed by atoms with E-state index < -0.39 is 23.7 Å². The number of likely N-dealkylation sites (tertiary alicyclic amines) is 1. The molecule has 1 saturated heterocycles. The summed E-state index contributed by atoms with van der Waals surface area (Å²) >= 11 is 0. The number of esters is 1. The van der Waals surface area contributed by atoms with E-state index in [9.17, 15) is 19.5 Å². The van der Waals surface area contributed by atoms with E-state index in [0.717, 1.165) is 16.5 Å². The fourth-order valence-corrected chi connectivity index (χ4v) is 5.25. The second-order valence-electron chi connectivity index (χ2n) is 9.02. The molecule has 2 atom stereocenters. The Morgan fingerprint density at radius 1 is 1.03 bits per heavy atom. The van der Waals surface area contributed by atoms with E-state index in [2.05, 4.69) is 9.97 Å². The number of fused-ring (bicyclic) bond motifs is 1. The maximum absolute atomic E-state index is 13.9. The van der Waals surface area contributed by atoms with Crippen molar-refractivity contribution in [2.45, 2.75) is 19.5 Å². The topological polar surface area (TPSA) is 109 Å². The number of aromatic amines is 1. The van der Waals surface area contributed by atoms with Gasteiger partial charge in [0.25, 0.3) is 5.78 Å². The molecule has 1 aliphatic rings. The van der Waals surface area contributed by atoms with Gasteiger partial charge in [-0.2, -0.15) is 0 Å². The number of hydrogen-bond donors (Lipinski definition) is 2. The highest BCUT2D eigenvalue weighted by molar-refractivity contribution is 6.43. The molecule has 2 aromatic carbocycles. The van der Waals surface area contributed by atoms with E-state index in [-0.39, 0.29) is 22.4 Å². The fourth-order valence-electron chi connectivity index (χ4n) is 5.25. The molecule has 4 aromatic rings. The Balaban J connectivity index is 1.72. The maximum Gasteiger partial charge on any atom is 0.387 e. The lowest BCUT2D eigenvalue weighted by molar-refractivity contribution is -0.883. The molecule has 8 heteroatoms. The van der Waals surface area contributed by atoms with Gasteiger partial charge in [0, 0.05) is 46.2 Å². The van der Waals surface area contributed by atoms with Crippen LogP contribution >= 0.6 is 0 Å². The number of carbonyl (C=O) groups excluding carboxylic acids is 3. The summed E-state index contributed by atoms with van der Waals surface area (Å²) in [5.74, 6) is -2.06. The van der Waals surface area contributed by atoms with Gasteiger partial charge in [-0.3, -0.25) is 9.78 Å². The second-order valence-corrected chi connectivity index (χ2v) is 9.02. The molecule has 1 fully saturated rings. The number of aliphatic hydroxyl groups is 1. The number of rotatable bonds is 6. The molecule has 1 aliphatic heterocycles. The third-order valence-corrected chi connectivity index (χ3v) is 7.16. The number of methoxy groups -OCH3 is 1. The van der Waals surface area contributed by atoms with Crippen molar-refractivity contribution in [1.29, 1.82) is 0 Å². The molecule has 0 saturated carbocycles. The summed E-state index contributed by atoms with van der Waals surface area (Å²) in [6.45, 7) is 2.41. The first kappa shape index (κ1) is 24.1. The normalized spacial score (nSPS) is 20.9. The Bertz CT molecular complexity index is 1540. The zero-order valence-electron chi connectivity index (χ0n) is 20.5. The molecule has 2 aromatic heterocycles. The largest absolute Gasteiger partial charge is 0.507 e. The monoisotopic (exact) mass is 496 g/mol. The second kappa shape index (κ2) is 9.48. The molecule has 8 nitrogen and oxygen atoms in total. The van der Waals surface area contributed by atoms with E-state index in [0.29, 0.717) is 23.2 Å².